The van der Waals surface area contributed by atoms with E-state index in [1.807, 2.05) is 61.3 Å². The smallest absolute Gasteiger partial charge is 0.255 e. The third-order valence-corrected chi connectivity index (χ3v) is 6.50. The van der Waals surface area contributed by atoms with Crippen LogP contribution >= 0.6 is 0 Å². The lowest BCUT2D eigenvalue weighted by molar-refractivity contribution is -0.136. The Morgan fingerprint density at radius 1 is 1.15 bits per heavy atom. The van der Waals surface area contributed by atoms with Crippen molar-refractivity contribution in [3.63, 3.8) is 0 Å². The summed E-state index contributed by atoms with van der Waals surface area (Å²) >= 11 is 0. The number of likely N-dealkylation sites (tertiary alicyclic amines) is 1. The van der Waals surface area contributed by atoms with Crippen molar-refractivity contribution in [2.45, 2.75) is 44.2 Å². The highest BCUT2D eigenvalue weighted by Gasteiger charge is 2.34. The van der Waals surface area contributed by atoms with Crippen LogP contribution in [-0.4, -0.2) is 83.3 Å². The third kappa shape index (κ3) is 6.88. The summed E-state index contributed by atoms with van der Waals surface area (Å²) < 4.78 is 1.47. The van der Waals surface area contributed by atoms with E-state index < -0.39 is 5.60 Å². The fourth-order valence-electron chi connectivity index (χ4n) is 4.15. The summed E-state index contributed by atoms with van der Waals surface area (Å²) in [6.07, 6.45) is 2.85. The van der Waals surface area contributed by atoms with E-state index in [9.17, 15) is 14.7 Å². The molecule has 1 fully saturated rings. The summed E-state index contributed by atoms with van der Waals surface area (Å²) in [4.78, 5) is 35.7. The van der Waals surface area contributed by atoms with Crippen molar-refractivity contribution in [1.29, 1.82) is 0 Å². The number of amides is 1. The van der Waals surface area contributed by atoms with Gasteiger partial charge in [-0.05, 0) is 38.4 Å². The summed E-state index contributed by atoms with van der Waals surface area (Å²) in [5.41, 5.74) is -0.0477. The first kappa shape index (κ1) is 24.9. The molecule has 1 atom stereocenters. The molecule has 8 heteroatoms. The molecule has 1 saturated heterocycles. The third-order valence-electron chi connectivity index (χ3n) is 6.50. The predicted molar refractivity (Wildman–Crippen MR) is 131 cm³/mol. The molecule has 0 spiro atoms. The van der Waals surface area contributed by atoms with Gasteiger partial charge in [-0.1, -0.05) is 37.3 Å². The van der Waals surface area contributed by atoms with Gasteiger partial charge in [-0.25, -0.2) is 4.98 Å². The van der Waals surface area contributed by atoms with E-state index in [1.54, 1.807) is 0 Å². The van der Waals surface area contributed by atoms with E-state index in [1.165, 1.54) is 17.0 Å². The fraction of sp³-hybridized carbons (Fsp3) is 0.560. The highest BCUT2D eigenvalue weighted by Crippen LogP contribution is 2.26. The number of hydrogen-bond donors (Lipinski definition) is 1. The van der Waals surface area contributed by atoms with Gasteiger partial charge in [0.05, 0.1) is 18.5 Å². The minimum absolute atomic E-state index is 0.109. The Morgan fingerprint density at radius 3 is 2.42 bits per heavy atom. The van der Waals surface area contributed by atoms with Crippen LogP contribution in [0, 0.1) is 0 Å². The van der Waals surface area contributed by atoms with Gasteiger partial charge in [0.1, 0.15) is 5.82 Å². The van der Waals surface area contributed by atoms with Crippen LogP contribution in [-0.2, 0) is 11.3 Å². The number of carbonyl (C=O) groups is 1. The Morgan fingerprint density at radius 2 is 1.82 bits per heavy atom. The van der Waals surface area contributed by atoms with Crippen molar-refractivity contribution >= 4 is 11.7 Å². The minimum Gasteiger partial charge on any atom is -0.388 e. The largest absolute Gasteiger partial charge is 0.388 e. The van der Waals surface area contributed by atoms with Gasteiger partial charge in [-0.2, -0.15) is 0 Å². The summed E-state index contributed by atoms with van der Waals surface area (Å²) in [5, 5.41) is 11.1. The van der Waals surface area contributed by atoms with E-state index in [-0.39, 0.29) is 23.9 Å². The Hall–Kier alpha value is -2.71. The van der Waals surface area contributed by atoms with Gasteiger partial charge in [0.15, 0.2) is 0 Å². The van der Waals surface area contributed by atoms with Crippen molar-refractivity contribution in [1.82, 2.24) is 19.4 Å². The number of rotatable bonds is 9. The maximum Gasteiger partial charge on any atom is 0.255 e. The molecule has 180 valence electrons. The zero-order chi connectivity index (χ0) is 24.0. The Labute approximate surface area is 196 Å². The molecule has 33 heavy (non-hydrogen) atoms. The van der Waals surface area contributed by atoms with Crippen molar-refractivity contribution in [2.24, 2.45) is 0 Å². The van der Waals surface area contributed by atoms with Crippen LogP contribution in [0.2, 0.25) is 0 Å². The fourth-order valence-corrected chi connectivity index (χ4v) is 4.15. The highest BCUT2D eigenvalue weighted by molar-refractivity contribution is 5.77. The van der Waals surface area contributed by atoms with Gasteiger partial charge in [0.25, 0.3) is 5.56 Å². The molecule has 1 aliphatic heterocycles. The molecule has 0 aliphatic carbocycles. The van der Waals surface area contributed by atoms with E-state index >= 15 is 0 Å². The first-order valence-electron chi connectivity index (χ1n) is 11.6. The number of anilines is 1. The van der Waals surface area contributed by atoms with Crippen LogP contribution in [0.5, 0.6) is 0 Å². The van der Waals surface area contributed by atoms with Gasteiger partial charge in [-0.3, -0.25) is 14.2 Å². The van der Waals surface area contributed by atoms with E-state index in [2.05, 4.69) is 16.8 Å². The quantitative estimate of drug-likeness (QED) is 0.621. The van der Waals surface area contributed by atoms with Gasteiger partial charge < -0.3 is 19.8 Å². The van der Waals surface area contributed by atoms with Crippen molar-refractivity contribution in [2.75, 3.05) is 52.2 Å². The molecule has 0 radical (unpaired) electrons. The normalized spacial score (nSPS) is 16.6. The van der Waals surface area contributed by atoms with Crippen molar-refractivity contribution in [3.8, 4) is 0 Å². The van der Waals surface area contributed by atoms with E-state index in [0.717, 1.165) is 18.7 Å². The lowest BCUT2D eigenvalue weighted by Crippen LogP contribution is -2.49. The number of hydrogen-bond acceptors (Lipinski definition) is 6. The molecule has 0 bridgehead atoms. The Balaban J connectivity index is 1.54. The van der Waals surface area contributed by atoms with Gasteiger partial charge in [0.2, 0.25) is 5.91 Å². The molecular weight excluding hydrogens is 418 g/mol. The molecule has 1 aliphatic rings. The second-order valence-corrected chi connectivity index (χ2v) is 9.56. The maximum absolute atomic E-state index is 12.8. The van der Waals surface area contributed by atoms with E-state index in [4.69, 9.17) is 0 Å². The lowest BCUT2D eigenvalue weighted by atomic mass is 9.90. The number of nitrogens with zero attached hydrogens (tertiary/aromatic N) is 5. The Kier molecular flexibility index (Phi) is 8.26. The average molecular weight is 456 g/mol. The highest BCUT2D eigenvalue weighted by atomic mass is 16.3. The molecular formula is C25H37N5O3. The molecule has 1 unspecified atom stereocenters. The van der Waals surface area contributed by atoms with Crippen molar-refractivity contribution < 1.29 is 9.90 Å². The second kappa shape index (κ2) is 10.9. The molecule has 2 heterocycles. The molecule has 3 rings (SSSR count). The SMILES string of the molecule is CC(CC(=O)N1CCC(O)(Cn2cnc(N(C)CCN(C)C)cc2=O)CC1)c1ccccc1. The van der Waals surface area contributed by atoms with Crippen LogP contribution in [0.3, 0.4) is 0 Å². The van der Waals surface area contributed by atoms with E-state index in [0.29, 0.717) is 38.2 Å². The van der Waals surface area contributed by atoms with Gasteiger partial charge in [0, 0.05) is 45.7 Å². The standard InChI is InChI=1S/C25H37N5O3/c1-20(21-8-6-5-7-9-21)16-23(31)29-12-10-25(33,11-13-29)18-30-19-26-22(17-24(30)32)28(4)15-14-27(2)3/h5-9,17,19-20,33H,10-16,18H2,1-4H3. The van der Waals surface area contributed by atoms with Crippen molar-refractivity contribution in [3.05, 3.63) is 58.6 Å². The molecule has 1 amide bonds. The number of aromatic nitrogens is 2. The summed E-state index contributed by atoms with van der Waals surface area (Å²) in [6, 6.07) is 11.6. The van der Waals surface area contributed by atoms with Crippen LogP contribution in [0.1, 0.15) is 37.7 Å². The number of piperidine rings is 1. The molecule has 1 aromatic carbocycles. The number of likely N-dealkylation sites (N-methyl/N-ethyl adjacent to an activating group) is 2. The number of carbonyl (C=O) groups excluding carboxylic acids is 1. The molecule has 8 nitrogen and oxygen atoms in total. The molecule has 0 saturated carbocycles. The predicted octanol–water partition coefficient (Wildman–Crippen LogP) is 1.79. The molecule has 1 aromatic heterocycles. The minimum atomic E-state index is -1.02. The summed E-state index contributed by atoms with van der Waals surface area (Å²) in [7, 11) is 5.92. The lowest BCUT2D eigenvalue weighted by Gasteiger charge is -2.38. The maximum atomic E-state index is 12.8. The summed E-state index contributed by atoms with van der Waals surface area (Å²) in [5.74, 6) is 0.883. The molecule has 1 N–H and O–H groups in total. The first-order chi connectivity index (χ1) is 15.7. The summed E-state index contributed by atoms with van der Waals surface area (Å²) in [6.45, 7) is 4.85. The zero-order valence-corrected chi connectivity index (χ0v) is 20.3. The van der Waals surface area contributed by atoms with Crippen LogP contribution in [0.25, 0.3) is 0 Å². The second-order valence-electron chi connectivity index (χ2n) is 9.56. The van der Waals surface area contributed by atoms with Gasteiger partial charge in [-0.15, -0.1) is 0 Å². The zero-order valence-electron chi connectivity index (χ0n) is 20.3. The number of aliphatic hydroxyl groups is 1. The van der Waals surface area contributed by atoms with Gasteiger partial charge >= 0.3 is 0 Å². The first-order valence-corrected chi connectivity index (χ1v) is 11.6. The van der Waals surface area contributed by atoms with Crippen LogP contribution < -0.4 is 10.5 Å². The number of benzene rings is 1. The molecule has 2 aromatic rings. The average Bonchev–Trinajstić information content (AvgIpc) is 2.79. The topological polar surface area (TPSA) is 81.9 Å². The van der Waals surface area contributed by atoms with Crippen LogP contribution in [0.4, 0.5) is 5.82 Å². The van der Waals surface area contributed by atoms with Crippen LogP contribution in [0.15, 0.2) is 47.5 Å². The Bertz CT molecular complexity index is 968. The monoisotopic (exact) mass is 455 g/mol.